The number of carbonyl (C=O) groups excluding carboxylic acids is 1. The van der Waals surface area contributed by atoms with Crippen molar-refractivity contribution in [1.29, 1.82) is 0 Å². The Kier molecular flexibility index (Phi) is 5.53. The van der Waals surface area contributed by atoms with Gasteiger partial charge in [0.2, 0.25) is 5.91 Å². The average Bonchev–Trinajstić information content (AvgIpc) is 3.00. The molecule has 2 aromatic rings. The van der Waals surface area contributed by atoms with E-state index in [1.807, 2.05) is 38.1 Å². The van der Waals surface area contributed by atoms with Crippen molar-refractivity contribution in [3.63, 3.8) is 0 Å². The van der Waals surface area contributed by atoms with Crippen molar-refractivity contribution in [2.75, 3.05) is 31.6 Å². The van der Waals surface area contributed by atoms with E-state index in [0.29, 0.717) is 19.8 Å². The summed E-state index contributed by atoms with van der Waals surface area (Å²) < 4.78 is 11.6. The Bertz CT molecular complexity index is 845. The van der Waals surface area contributed by atoms with Crippen molar-refractivity contribution in [3.8, 4) is 11.5 Å². The number of benzene rings is 2. The number of nitrogens with one attached hydrogen (secondary N) is 1. The Morgan fingerprint density at radius 3 is 2.61 bits per heavy atom. The number of hydrogen-bond acceptors (Lipinski definition) is 4. The zero-order chi connectivity index (χ0) is 19.5. The summed E-state index contributed by atoms with van der Waals surface area (Å²) in [5.41, 5.74) is 4.31. The van der Waals surface area contributed by atoms with Gasteiger partial charge in [-0.05, 0) is 62.1 Å². The van der Waals surface area contributed by atoms with Gasteiger partial charge in [0.25, 0.3) is 0 Å². The first kappa shape index (κ1) is 18.8. The third-order valence-corrected chi connectivity index (χ3v) is 5.61. The van der Waals surface area contributed by atoms with Gasteiger partial charge in [-0.25, -0.2) is 0 Å². The van der Waals surface area contributed by atoms with Crippen molar-refractivity contribution in [3.05, 3.63) is 53.1 Å². The highest BCUT2D eigenvalue weighted by molar-refractivity contribution is 5.93. The van der Waals surface area contributed by atoms with E-state index < -0.39 is 0 Å². The number of anilines is 1. The molecule has 28 heavy (non-hydrogen) atoms. The van der Waals surface area contributed by atoms with E-state index in [1.54, 1.807) is 0 Å². The minimum Gasteiger partial charge on any atom is -0.490 e. The summed E-state index contributed by atoms with van der Waals surface area (Å²) >= 11 is 0. The molecule has 2 aliphatic rings. The molecule has 2 aromatic carbocycles. The van der Waals surface area contributed by atoms with E-state index in [2.05, 4.69) is 22.3 Å². The van der Waals surface area contributed by atoms with Crippen LogP contribution in [0.4, 0.5) is 5.69 Å². The third-order valence-electron chi connectivity index (χ3n) is 5.61. The van der Waals surface area contributed by atoms with Crippen molar-refractivity contribution in [1.82, 2.24) is 4.90 Å². The Balaban J connectivity index is 1.46. The van der Waals surface area contributed by atoms with Crippen molar-refractivity contribution in [2.45, 2.75) is 39.2 Å². The van der Waals surface area contributed by atoms with Gasteiger partial charge in [0.1, 0.15) is 0 Å². The van der Waals surface area contributed by atoms with Crippen molar-refractivity contribution in [2.24, 2.45) is 0 Å². The molecule has 5 heteroatoms. The molecular formula is C23H28N2O3. The molecule has 0 aromatic heterocycles. The number of hydrogen-bond donors (Lipinski definition) is 1. The molecule has 2 aliphatic heterocycles. The van der Waals surface area contributed by atoms with Crippen LogP contribution in [-0.2, 0) is 4.79 Å². The Morgan fingerprint density at radius 1 is 1.07 bits per heavy atom. The summed E-state index contributed by atoms with van der Waals surface area (Å²) in [4.78, 5) is 15.0. The fourth-order valence-corrected chi connectivity index (χ4v) is 4.16. The molecule has 2 heterocycles. The van der Waals surface area contributed by atoms with Crippen LogP contribution >= 0.6 is 0 Å². The van der Waals surface area contributed by atoms with E-state index in [-0.39, 0.29) is 11.9 Å². The Hall–Kier alpha value is -2.53. The number of likely N-dealkylation sites (tertiary alicyclic amines) is 1. The average molecular weight is 380 g/mol. The summed E-state index contributed by atoms with van der Waals surface area (Å²) in [6.07, 6.45) is 3.05. The van der Waals surface area contributed by atoms with E-state index in [1.165, 1.54) is 5.56 Å². The van der Waals surface area contributed by atoms with Crippen molar-refractivity contribution < 1.29 is 14.3 Å². The maximum absolute atomic E-state index is 12.7. The van der Waals surface area contributed by atoms with Crippen LogP contribution in [0.5, 0.6) is 11.5 Å². The molecule has 1 N–H and O–H groups in total. The normalized spacial score (nSPS) is 19.3. The minimum atomic E-state index is 0.0404. The van der Waals surface area contributed by atoms with Gasteiger partial charge in [-0.15, -0.1) is 0 Å². The number of rotatable bonds is 4. The summed E-state index contributed by atoms with van der Waals surface area (Å²) in [6.45, 7) is 6.76. The molecule has 1 fully saturated rings. The van der Waals surface area contributed by atoms with Crippen LogP contribution in [0.2, 0.25) is 0 Å². The highest BCUT2D eigenvalue weighted by Gasteiger charge is 2.28. The van der Waals surface area contributed by atoms with E-state index in [4.69, 9.17) is 9.47 Å². The van der Waals surface area contributed by atoms with Gasteiger partial charge >= 0.3 is 0 Å². The SMILES string of the molecule is Cc1cccc(C)c1NC(=O)CN1CCCC1c1ccc2c(c1)OCCCO2. The highest BCUT2D eigenvalue weighted by Crippen LogP contribution is 2.37. The number of carbonyl (C=O) groups is 1. The topological polar surface area (TPSA) is 50.8 Å². The van der Waals surface area contributed by atoms with Crippen LogP contribution in [0.25, 0.3) is 0 Å². The quantitative estimate of drug-likeness (QED) is 0.862. The second-order valence-electron chi connectivity index (χ2n) is 7.70. The monoisotopic (exact) mass is 380 g/mol. The second-order valence-corrected chi connectivity index (χ2v) is 7.70. The lowest BCUT2D eigenvalue weighted by Gasteiger charge is -2.25. The van der Waals surface area contributed by atoms with Crippen LogP contribution in [-0.4, -0.2) is 37.1 Å². The van der Waals surface area contributed by atoms with Crippen LogP contribution < -0.4 is 14.8 Å². The maximum atomic E-state index is 12.7. The summed E-state index contributed by atoms with van der Waals surface area (Å²) in [5, 5.41) is 3.11. The van der Waals surface area contributed by atoms with E-state index >= 15 is 0 Å². The van der Waals surface area contributed by atoms with E-state index in [9.17, 15) is 4.79 Å². The lowest BCUT2D eigenvalue weighted by atomic mass is 10.0. The van der Waals surface area contributed by atoms with Gasteiger partial charge in [0.15, 0.2) is 11.5 Å². The molecule has 1 atom stereocenters. The zero-order valence-corrected chi connectivity index (χ0v) is 16.7. The first-order chi connectivity index (χ1) is 13.6. The molecule has 1 saturated heterocycles. The molecular weight excluding hydrogens is 352 g/mol. The number of para-hydroxylation sites is 1. The van der Waals surface area contributed by atoms with Gasteiger partial charge in [0, 0.05) is 18.2 Å². The third kappa shape index (κ3) is 3.99. The Labute approximate surface area is 166 Å². The molecule has 1 unspecified atom stereocenters. The number of aryl methyl sites for hydroxylation is 2. The molecule has 1 amide bonds. The molecule has 0 bridgehead atoms. The first-order valence-corrected chi connectivity index (χ1v) is 10.1. The molecule has 148 valence electrons. The predicted octanol–water partition coefficient (Wildman–Crippen LogP) is 4.24. The summed E-state index contributed by atoms with van der Waals surface area (Å²) in [5.74, 6) is 1.68. The van der Waals surface area contributed by atoms with Gasteiger partial charge in [-0.3, -0.25) is 9.69 Å². The molecule has 0 radical (unpaired) electrons. The van der Waals surface area contributed by atoms with E-state index in [0.717, 1.165) is 54.1 Å². The number of ether oxygens (including phenoxy) is 2. The van der Waals surface area contributed by atoms with Gasteiger partial charge in [-0.1, -0.05) is 24.3 Å². The van der Waals surface area contributed by atoms with Gasteiger partial charge in [0.05, 0.1) is 19.8 Å². The molecule has 4 rings (SSSR count). The maximum Gasteiger partial charge on any atom is 0.238 e. The smallest absolute Gasteiger partial charge is 0.238 e. The van der Waals surface area contributed by atoms with Gasteiger partial charge < -0.3 is 14.8 Å². The van der Waals surface area contributed by atoms with Gasteiger partial charge in [-0.2, -0.15) is 0 Å². The number of amides is 1. The summed E-state index contributed by atoms with van der Waals surface area (Å²) in [7, 11) is 0. The second kappa shape index (κ2) is 8.23. The van der Waals surface area contributed by atoms with Crippen LogP contribution in [0.3, 0.4) is 0 Å². The zero-order valence-electron chi connectivity index (χ0n) is 16.7. The van der Waals surface area contributed by atoms with Crippen molar-refractivity contribution >= 4 is 11.6 Å². The fourth-order valence-electron chi connectivity index (χ4n) is 4.16. The number of nitrogens with zero attached hydrogens (tertiary/aromatic N) is 1. The number of fused-ring (bicyclic) bond motifs is 1. The van der Waals surface area contributed by atoms with Crippen LogP contribution in [0.1, 0.15) is 42.0 Å². The van der Waals surface area contributed by atoms with Crippen LogP contribution in [0.15, 0.2) is 36.4 Å². The standard InChI is InChI=1S/C23H28N2O3/c1-16-6-3-7-17(2)23(16)24-22(26)15-25-11-4-8-19(25)18-9-10-20-21(14-18)28-13-5-12-27-20/h3,6-7,9-10,14,19H,4-5,8,11-13,15H2,1-2H3,(H,24,26). The lowest BCUT2D eigenvalue weighted by molar-refractivity contribution is -0.117. The predicted molar refractivity (Wildman–Crippen MR) is 110 cm³/mol. The lowest BCUT2D eigenvalue weighted by Crippen LogP contribution is -2.33. The highest BCUT2D eigenvalue weighted by atomic mass is 16.5. The minimum absolute atomic E-state index is 0.0404. The Morgan fingerprint density at radius 2 is 1.82 bits per heavy atom. The molecule has 0 spiro atoms. The fraction of sp³-hybridized carbons (Fsp3) is 0.435. The van der Waals surface area contributed by atoms with Crippen LogP contribution in [0, 0.1) is 13.8 Å². The largest absolute Gasteiger partial charge is 0.490 e. The summed E-state index contributed by atoms with van der Waals surface area (Å²) in [6, 6.07) is 12.5. The first-order valence-electron chi connectivity index (χ1n) is 10.1. The molecule has 0 aliphatic carbocycles. The molecule has 5 nitrogen and oxygen atoms in total. The molecule has 0 saturated carbocycles.